The van der Waals surface area contributed by atoms with Crippen molar-refractivity contribution in [3.05, 3.63) is 48.2 Å². The lowest BCUT2D eigenvalue weighted by Crippen LogP contribution is -2.67. The van der Waals surface area contributed by atoms with Gasteiger partial charge in [0.25, 0.3) is 0 Å². The Morgan fingerprint density at radius 3 is 2.58 bits per heavy atom. The fourth-order valence-electron chi connectivity index (χ4n) is 2.74. The number of benzene rings is 1. The van der Waals surface area contributed by atoms with Crippen LogP contribution < -0.4 is 20.5 Å². The Hall–Kier alpha value is -2.42. The molecule has 1 heterocycles. The highest BCUT2D eigenvalue weighted by molar-refractivity contribution is 7.80. The van der Waals surface area contributed by atoms with Crippen molar-refractivity contribution < 1.29 is 22.6 Å². The zero-order valence-corrected chi connectivity index (χ0v) is 15.2. The lowest BCUT2D eigenvalue weighted by Gasteiger charge is -2.44. The van der Waals surface area contributed by atoms with Crippen molar-refractivity contribution in [3.8, 4) is 11.5 Å². The number of rotatable bonds is 6. The van der Waals surface area contributed by atoms with Gasteiger partial charge in [0.2, 0.25) is 5.66 Å². The molecular weight excluding hydrogens is 367 g/mol. The van der Waals surface area contributed by atoms with Gasteiger partial charge in [-0.3, -0.25) is 0 Å². The first kappa shape index (κ1) is 19.9. The van der Waals surface area contributed by atoms with Gasteiger partial charge in [0, 0.05) is 18.8 Å². The number of nitrogens with zero attached hydrogens (tertiary/aromatic N) is 1. The average molecular weight is 387 g/mol. The highest BCUT2D eigenvalue weighted by Gasteiger charge is 2.57. The number of halogens is 3. The zero-order valence-electron chi connectivity index (χ0n) is 14.3. The van der Waals surface area contributed by atoms with Crippen molar-refractivity contribution in [2.45, 2.75) is 18.3 Å². The second kappa shape index (κ2) is 7.86. The van der Waals surface area contributed by atoms with Crippen molar-refractivity contribution in [3.63, 3.8) is 0 Å². The first-order valence-corrected chi connectivity index (χ1v) is 8.12. The van der Waals surface area contributed by atoms with E-state index in [0.717, 1.165) is 16.5 Å². The summed E-state index contributed by atoms with van der Waals surface area (Å²) in [6.45, 7) is 0.0542. The smallest absolute Gasteiger partial charge is 0.434 e. The van der Waals surface area contributed by atoms with E-state index in [1.165, 1.54) is 32.6 Å². The molecule has 1 aromatic rings. The van der Waals surface area contributed by atoms with Gasteiger partial charge in [-0.15, -0.1) is 0 Å². The van der Waals surface area contributed by atoms with Crippen molar-refractivity contribution in [2.24, 2.45) is 5.73 Å². The molecule has 26 heavy (non-hydrogen) atoms. The third kappa shape index (κ3) is 4.04. The summed E-state index contributed by atoms with van der Waals surface area (Å²) in [6, 6.07) is 5.18. The molecule has 0 aromatic heterocycles. The lowest BCUT2D eigenvalue weighted by molar-refractivity contribution is -0.213. The third-order valence-electron chi connectivity index (χ3n) is 4.03. The molecule has 5 nitrogen and oxygen atoms in total. The van der Waals surface area contributed by atoms with E-state index in [1.807, 2.05) is 0 Å². The maximum absolute atomic E-state index is 13.8. The zero-order chi connectivity index (χ0) is 19.4. The molecule has 1 unspecified atom stereocenters. The Kier molecular flexibility index (Phi) is 6.01. The molecule has 0 amide bonds. The molecule has 1 atom stereocenters. The monoisotopic (exact) mass is 387 g/mol. The van der Waals surface area contributed by atoms with E-state index in [0.29, 0.717) is 17.9 Å². The normalized spacial score (nSPS) is 19.3. The van der Waals surface area contributed by atoms with Crippen LogP contribution in [-0.4, -0.2) is 42.6 Å². The number of alkyl halides is 3. The second-order valence-electron chi connectivity index (χ2n) is 5.58. The van der Waals surface area contributed by atoms with Crippen LogP contribution in [-0.2, 0) is 6.42 Å². The molecule has 2 rings (SSSR count). The van der Waals surface area contributed by atoms with Crippen LogP contribution in [0.3, 0.4) is 0 Å². The molecule has 1 aliphatic heterocycles. The number of thiocarbonyl (C=S) groups is 1. The number of methoxy groups -OCH3 is 2. The number of allylic oxidation sites excluding steroid dienone is 2. The second-order valence-corrected chi connectivity index (χ2v) is 6.02. The first-order chi connectivity index (χ1) is 12.2. The van der Waals surface area contributed by atoms with Crippen LogP contribution in [0.2, 0.25) is 0 Å². The standard InChI is InChI=1S/C17H20F3N3O2S/c1-24-13-6-5-12(14(11-13)25-2)7-10-23-9-4-3-8-16(23,17(18,19)20)22-15(21)26/h3-6,8-9,11H,7,10H2,1-2H3,(H3,21,22,26). The van der Waals surface area contributed by atoms with Gasteiger partial charge in [0.05, 0.1) is 14.2 Å². The number of nitrogens with one attached hydrogen (secondary N) is 1. The van der Waals surface area contributed by atoms with E-state index in [2.05, 4.69) is 17.5 Å². The predicted octanol–water partition coefficient (Wildman–Crippen LogP) is 2.72. The molecule has 0 fully saturated rings. The highest BCUT2D eigenvalue weighted by Crippen LogP contribution is 2.37. The van der Waals surface area contributed by atoms with Crippen LogP contribution >= 0.6 is 12.2 Å². The van der Waals surface area contributed by atoms with E-state index in [9.17, 15) is 13.2 Å². The van der Waals surface area contributed by atoms with Gasteiger partial charge in [-0.1, -0.05) is 12.1 Å². The Morgan fingerprint density at radius 2 is 2.00 bits per heavy atom. The summed E-state index contributed by atoms with van der Waals surface area (Å²) < 4.78 is 51.9. The van der Waals surface area contributed by atoms with Gasteiger partial charge < -0.3 is 25.4 Å². The Bertz CT molecular complexity index is 722. The van der Waals surface area contributed by atoms with E-state index in [1.54, 1.807) is 18.2 Å². The summed E-state index contributed by atoms with van der Waals surface area (Å²) in [7, 11) is 3.02. The molecule has 0 aliphatic carbocycles. The van der Waals surface area contributed by atoms with E-state index < -0.39 is 17.0 Å². The van der Waals surface area contributed by atoms with Gasteiger partial charge >= 0.3 is 6.18 Å². The van der Waals surface area contributed by atoms with E-state index >= 15 is 0 Å². The minimum Gasteiger partial charge on any atom is -0.497 e. The molecule has 0 saturated carbocycles. The van der Waals surface area contributed by atoms with Gasteiger partial charge in [-0.05, 0) is 42.4 Å². The number of ether oxygens (including phenoxy) is 2. The highest BCUT2D eigenvalue weighted by atomic mass is 32.1. The summed E-state index contributed by atoms with van der Waals surface area (Å²) in [6.07, 6.45) is 0.857. The van der Waals surface area contributed by atoms with Crippen molar-refractivity contribution in [1.82, 2.24) is 10.2 Å². The maximum Gasteiger partial charge on any atom is 0.434 e. The molecule has 9 heteroatoms. The number of hydrogen-bond donors (Lipinski definition) is 2. The van der Waals surface area contributed by atoms with Crippen LogP contribution in [0.1, 0.15) is 5.56 Å². The molecule has 0 bridgehead atoms. The first-order valence-electron chi connectivity index (χ1n) is 7.71. The topological polar surface area (TPSA) is 59.8 Å². The summed E-state index contributed by atoms with van der Waals surface area (Å²) in [5.74, 6) is 1.15. The minimum absolute atomic E-state index is 0.0542. The Labute approximate surface area is 155 Å². The fourth-order valence-corrected chi connectivity index (χ4v) is 2.90. The van der Waals surface area contributed by atoms with Crippen LogP contribution in [0.5, 0.6) is 11.5 Å². The summed E-state index contributed by atoms with van der Waals surface area (Å²) in [5.41, 5.74) is 3.61. The van der Waals surface area contributed by atoms with E-state index in [4.69, 9.17) is 15.2 Å². The molecule has 0 saturated heterocycles. The van der Waals surface area contributed by atoms with Crippen LogP contribution in [0.15, 0.2) is 42.6 Å². The van der Waals surface area contributed by atoms with Crippen LogP contribution in [0, 0.1) is 0 Å². The predicted molar refractivity (Wildman–Crippen MR) is 96.9 cm³/mol. The molecular formula is C17H20F3N3O2S. The molecule has 0 spiro atoms. The molecule has 1 aliphatic rings. The maximum atomic E-state index is 13.8. The fraction of sp³-hybridized carbons (Fsp3) is 0.353. The quantitative estimate of drug-likeness (QED) is 0.732. The van der Waals surface area contributed by atoms with E-state index in [-0.39, 0.29) is 6.54 Å². The van der Waals surface area contributed by atoms with Crippen molar-refractivity contribution in [2.75, 3.05) is 20.8 Å². The van der Waals surface area contributed by atoms with Crippen LogP contribution in [0.4, 0.5) is 13.2 Å². The molecule has 1 aromatic carbocycles. The van der Waals surface area contributed by atoms with Gasteiger partial charge in [-0.25, -0.2) is 0 Å². The van der Waals surface area contributed by atoms with Crippen molar-refractivity contribution >= 4 is 17.3 Å². The molecule has 3 N–H and O–H groups in total. The Morgan fingerprint density at radius 1 is 1.27 bits per heavy atom. The number of hydrogen-bond acceptors (Lipinski definition) is 4. The summed E-state index contributed by atoms with van der Waals surface area (Å²) in [4.78, 5) is 1.12. The molecule has 142 valence electrons. The number of nitrogens with two attached hydrogens (primary N) is 1. The van der Waals surface area contributed by atoms with Crippen LogP contribution in [0.25, 0.3) is 0 Å². The van der Waals surface area contributed by atoms with Gasteiger partial charge in [0.15, 0.2) is 5.11 Å². The van der Waals surface area contributed by atoms with Crippen molar-refractivity contribution in [1.29, 1.82) is 0 Å². The third-order valence-corrected chi connectivity index (χ3v) is 4.13. The largest absolute Gasteiger partial charge is 0.497 e. The SMILES string of the molecule is COc1ccc(CCN2C=CC=CC2(NC(N)=S)C(F)(F)F)c(OC)c1. The summed E-state index contributed by atoms with van der Waals surface area (Å²) >= 11 is 4.66. The molecule has 0 radical (unpaired) electrons. The van der Waals surface area contributed by atoms with Gasteiger partial charge in [0.1, 0.15) is 11.5 Å². The minimum atomic E-state index is -4.64. The lowest BCUT2D eigenvalue weighted by atomic mass is 10.0. The average Bonchev–Trinajstić information content (AvgIpc) is 2.59. The summed E-state index contributed by atoms with van der Waals surface area (Å²) in [5, 5.41) is 1.75. The van der Waals surface area contributed by atoms with Gasteiger partial charge in [-0.2, -0.15) is 13.2 Å². The Balaban J connectivity index is 2.27.